The highest BCUT2D eigenvalue weighted by molar-refractivity contribution is 9.10. The van der Waals surface area contributed by atoms with Gasteiger partial charge in [-0.05, 0) is 29.8 Å². The first-order chi connectivity index (χ1) is 7.88. The van der Waals surface area contributed by atoms with Gasteiger partial charge in [-0.3, -0.25) is 0 Å². The molecule has 1 aromatic heterocycles. The topological polar surface area (TPSA) is 25.8 Å². The smallest absolute Gasteiger partial charge is 0.166 e. The average molecular weight is 344 g/mol. The van der Waals surface area contributed by atoms with Gasteiger partial charge >= 0.3 is 6.18 Å². The van der Waals surface area contributed by atoms with E-state index in [2.05, 4.69) is 26.1 Å². The SMILES string of the molecule is FC(F)(F)c1ccc(Br)c(-c2nnc(Cl)s2)c1. The van der Waals surface area contributed by atoms with Crippen molar-refractivity contribution >= 4 is 38.9 Å². The van der Waals surface area contributed by atoms with E-state index in [1.807, 2.05) is 0 Å². The summed E-state index contributed by atoms with van der Waals surface area (Å²) in [7, 11) is 0. The molecule has 0 fully saturated rings. The van der Waals surface area contributed by atoms with Gasteiger partial charge in [-0.2, -0.15) is 13.2 Å². The van der Waals surface area contributed by atoms with Gasteiger partial charge in [-0.25, -0.2) is 0 Å². The Morgan fingerprint density at radius 2 is 1.94 bits per heavy atom. The van der Waals surface area contributed by atoms with Crippen molar-refractivity contribution in [3.8, 4) is 10.6 Å². The fraction of sp³-hybridized carbons (Fsp3) is 0.111. The maximum atomic E-state index is 12.5. The maximum absolute atomic E-state index is 12.5. The van der Waals surface area contributed by atoms with Crippen LogP contribution in [0.15, 0.2) is 22.7 Å². The molecule has 1 aromatic carbocycles. The van der Waals surface area contributed by atoms with Crippen molar-refractivity contribution in [3.63, 3.8) is 0 Å². The van der Waals surface area contributed by atoms with Gasteiger partial charge in [0, 0.05) is 10.0 Å². The monoisotopic (exact) mass is 342 g/mol. The predicted molar refractivity (Wildman–Crippen MR) is 63.1 cm³/mol. The molecule has 17 heavy (non-hydrogen) atoms. The van der Waals surface area contributed by atoms with E-state index >= 15 is 0 Å². The molecular weight excluding hydrogens is 341 g/mol. The Balaban J connectivity index is 2.54. The Bertz CT molecular complexity index is 555. The first kappa shape index (κ1) is 12.8. The van der Waals surface area contributed by atoms with Crippen LogP contribution >= 0.6 is 38.9 Å². The van der Waals surface area contributed by atoms with Crippen molar-refractivity contribution in [2.45, 2.75) is 6.18 Å². The maximum Gasteiger partial charge on any atom is 0.416 e. The van der Waals surface area contributed by atoms with Crippen LogP contribution in [0.5, 0.6) is 0 Å². The second-order valence-electron chi connectivity index (χ2n) is 3.05. The summed E-state index contributed by atoms with van der Waals surface area (Å²) in [6.07, 6.45) is -4.38. The summed E-state index contributed by atoms with van der Waals surface area (Å²) >= 11 is 9.79. The van der Waals surface area contributed by atoms with E-state index in [-0.39, 0.29) is 4.47 Å². The lowest BCUT2D eigenvalue weighted by Gasteiger charge is -2.08. The minimum absolute atomic E-state index is 0.185. The molecule has 0 saturated heterocycles. The Morgan fingerprint density at radius 3 is 2.47 bits per heavy atom. The lowest BCUT2D eigenvalue weighted by atomic mass is 10.1. The average Bonchev–Trinajstić information content (AvgIpc) is 2.63. The fourth-order valence-corrected chi connectivity index (χ4v) is 2.60. The van der Waals surface area contributed by atoms with Crippen LogP contribution in [0.25, 0.3) is 10.6 Å². The van der Waals surface area contributed by atoms with Crippen molar-refractivity contribution in [3.05, 3.63) is 32.7 Å². The number of nitrogens with zero attached hydrogens (tertiary/aromatic N) is 2. The van der Waals surface area contributed by atoms with Crippen LogP contribution in [-0.2, 0) is 6.18 Å². The summed E-state index contributed by atoms with van der Waals surface area (Å²) in [5.41, 5.74) is -0.411. The number of benzene rings is 1. The summed E-state index contributed by atoms with van der Waals surface area (Å²) < 4.78 is 38.3. The molecule has 0 saturated carbocycles. The lowest BCUT2D eigenvalue weighted by Crippen LogP contribution is -2.04. The Kier molecular flexibility index (Phi) is 3.42. The van der Waals surface area contributed by atoms with Crippen LogP contribution in [0.1, 0.15) is 5.56 Å². The molecule has 0 spiro atoms. The zero-order valence-electron chi connectivity index (χ0n) is 7.92. The van der Waals surface area contributed by atoms with Crippen LogP contribution in [0.2, 0.25) is 4.47 Å². The molecule has 0 aliphatic heterocycles. The van der Waals surface area contributed by atoms with E-state index in [0.717, 1.165) is 23.5 Å². The van der Waals surface area contributed by atoms with Crippen LogP contribution in [0.4, 0.5) is 13.2 Å². The van der Waals surface area contributed by atoms with Gasteiger partial charge in [-0.1, -0.05) is 27.3 Å². The number of rotatable bonds is 1. The summed E-state index contributed by atoms with van der Waals surface area (Å²) in [6, 6.07) is 3.34. The van der Waals surface area contributed by atoms with Crippen LogP contribution in [0, 0.1) is 0 Å². The van der Waals surface area contributed by atoms with Crippen LogP contribution in [0.3, 0.4) is 0 Å². The van der Waals surface area contributed by atoms with Crippen molar-refractivity contribution in [1.82, 2.24) is 10.2 Å². The second-order valence-corrected chi connectivity index (χ2v) is 5.47. The Hall–Kier alpha value is -0.660. The molecule has 0 amide bonds. The number of aromatic nitrogens is 2. The highest BCUT2D eigenvalue weighted by Crippen LogP contribution is 2.37. The summed E-state index contributed by atoms with van der Waals surface area (Å²) in [5.74, 6) is 0. The van der Waals surface area contributed by atoms with Crippen molar-refractivity contribution in [2.24, 2.45) is 0 Å². The molecule has 0 aliphatic rings. The van der Waals surface area contributed by atoms with Crippen molar-refractivity contribution in [1.29, 1.82) is 0 Å². The molecule has 2 aromatic rings. The molecular formula is C9H3BrClF3N2S. The van der Waals surface area contributed by atoms with Gasteiger partial charge in [0.05, 0.1) is 5.56 Å². The first-order valence-corrected chi connectivity index (χ1v) is 6.23. The number of halogens is 5. The molecule has 0 unspecified atom stereocenters. The molecule has 0 N–H and O–H groups in total. The largest absolute Gasteiger partial charge is 0.416 e. The Labute approximate surface area is 112 Å². The molecule has 1 heterocycles. The molecule has 90 valence electrons. The molecule has 0 aliphatic carbocycles. The number of hydrogen-bond acceptors (Lipinski definition) is 3. The fourth-order valence-electron chi connectivity index (χ4n) is 1.18. The third-order valence-corrected chi connectivity index (χ3v) is 3.67. The van der Waals surface area contributed by atoms with Gasteiger partial charge in [-0.15, -0.1) is 10.2 Å². The van der Waals surface area contributed by atoms with Crippen molar-refractivity contribution in [2.75, 3.05) is 0 Å². The molecule has 2 nitrogen and oxygen atoms in total. The zero-order valence-corrected chi connectivity index (χ0v) is 11.1. The predicted octanol–water partition coefficient (Wildman–Crippen LogP) is 4.64. The third-order valence-electron chi connectivity index (χ3n) is 1.92. The van der Waals surface area contributed by atoms with Crippen LogP contribution < -0.4 is 0 Å². The van der Waals surface area contributed by atoms with Crippen molar-refractivity contribution < 1.29 is 13.2 Å². The van der Waals surface area contributed by atoms with Gasteiger partial charge in [0.1, 0.15) is 5.01 Å². The van der Waals surface area contributed by atoms with E-state index in [1.54, 1.807) is 0 Å². The zero-order chi connectivity index (χ0) is 12.6. The molecule has 2 rings (SSSR count). The lowest BCUT2D eigenvalue weighted by molar-refractivity contribution is -0.137. The highest BCUT2D eigenvalue weighted by atomic mass is 79.9. The highest BCUT2D eigenvalue weighted by Gasteiger charge is 2.31. The van der Waals surface area contributed by atoms with Crippen LogP contribution in [-0.4, -0.2) is 10.2 Å². The quantitative estimate of drug-likeness (QED) is 0.754. The summed E-state index contributed by atoms with van der Waals surface area (Å²) in [5, 5.41) is 7.61. The molecule has 0 radical (unpaired) electrons. The van der Waals surface area contributed by atoms with E-state index < -0.39 is 11.7 Å². The van der Waals surface area contributed by atoms with Gasteiger partial charge in [0.25, 0.3) is 0 Å². The normalized spacial score (nSPS) is 11.8. The molecule has 0 bridgehead atoms. The van der Waals surface area contributed by atoms with E-state index in [4.69, 9.17) is 11.6 Å². The molecule has 8 heteroatoms. The van der Waals surface area contributed by atoms with E-state index in [9.17, 15) is 13.2 Å². The standard InChI is InChI=1S/C9H3BrClF3N2S/c10-6-2-1-4(9(12,13)14)3-5(6)7-15-16-8(11)17-7/h1-3H. The number of hydrogen-bond donors (Lipinski definition) is 0. The summed E-state index contributed by atoms with van der Waals surface area (Å²) in [6.45, 7) is 0. The Morgan fingerprint density at radius 1 is 1.24 bits per heavy atom. The molecule has 0 atom stereocenters. The minimum atomic E-state index is -4.38. The number of alkyl halides is 3. The van der Waals surface area contributed by atoms with E-state index in [1.165, 1.54) is 6.07 Å². The minimum Gasteiger partial charge on any atom is -0.166 e. The van der Waals surface area contributed by atoms with E-state index in [0.29, 0.717) is 15.0 Å². The summed E-state index contributed by atoms with van der Waals surface area (Å²) in [4.78, 5) is 0. The third kappa shape index (κ3) is 2.78. The van der Waals surface area contributed by atoms with Gasteiger partial charge in [0.2, 0.25) is 4.47 Å². The first-order valence-electron chi connectivity index (χ1n) is 4.24. The second kappa shape index (κ2) is 4.55. The van der Waals surface area contributed by atoms with Gasteiger partial charge < -0.3 is 0 Å². The van der Waals surface area contributed by atoms with Gasteiger partial charge in [0.15, 0.2) is 0 Å².